The fraction of sp³-hybridized carbons (Fsp3) is 0.441. The molecule has 1 heterocycles. The van der Waals surface area contributed by atoms with Crippen LogP contribution in [0.4, 0.5) is 0 Å². The molecule has 3 aromatic rings. The van der Waals surface area contributed by atoms with Crippen LogP contribution in [0.2, 0.25) is 0 Å². The normalized spacial score (nSPS) is 15.2. The predicted molar refractivity (Wildman–Crippen MR) is 165 cm³/mol. The summed E-state index contributed by atoms with van der Waals surface area (Å²) >= 11 is 1.63. The average Bonchev–Trinajstić information content (AvgIpc) is 3.00. The third-order valence-electron chi connectivity index (χ3n) is 7.95. The van der Waals surface area contributed by atoms with Gasteiger partial charge < -0.3 is 18.9 Å². The lowest BCUT2D eigenvalue weighted by Crippen LogP contribution is -2.31. The number of nitriles is 1. The highest BCUT2D eigenvalue weighted by Gasteiger charge is 2.36. The van der Waals surface area contributed by atoms with E-state index in [1.807, 2.05) is 18.2 Å². The summed E-state index contributed by atoms with van der Waals surface area (Å²) in [6.45, 7) is 7.33. The molecule has 4 rings (SSSR count). The summed E-state index contributed by atoms with van der Waals surface area (Å²) in [5, 5.41) is 10.7. The van der Waals surface area contributed by atoms with E-state index in [9.17, 15) is 5.26 Å². The van der Waals surface area contributed by atoms with Gasteiger partial charge in [0.1, 0.15) is 4.75 Å². The first-order valence-corrected chi connectivity index (χ1v) is 15.0. The van der Waals surface area contributed by atoms with Crippen molar-refractivity contribution in [2.24, 2.45) is 5.92 Å². The fourth-order valence-corrected chi connectivity index (χ4v) is 6.97. The van der Waals surface area contributed by atoms with E-state index in [2.05, 4.69) is 61.2 Å². The van der Waals surface area contributed by atoms with E-state index in [0.717, 1.165) is 67.3 Å². The Morgan fingerprint density at radius 2 is 1.51 bits per heavy atom. The van der Waals surface area contributed by atoms with Gasteiger partial charge in [-0.05, 0) is 98.2 Å². The molecule has 2 unspecified atom stereocenters. The van der Waals surface area contributed by atoms with Crippen LogP contribution in [0.1, 0.15) is 48.4 Å². The van der Waals surface area contributed by atoms with Crippen molar-refractivity contribution < 1.29 is 18.9 Å². The Balaban J connectivity index is 1.46. The number of hydrogen-bond acceptors (Lipinski definition) is 7. The molecule has 0 aromatic heterocycles. The molecule has 6 nitrogen and oxygen atoms in total. The van der Waals surface area contributed by atoms with Gasteiger partial charge >= 0.3 is 0 Å². The number of thioether (sulfide) groups is 1. The molecule has 0 aliphatic carbocycles. The van der Waals surface area contributed by atoms with E-state index in [1.165, 1.54) is 16.7 Å². The Morgan fingerprint density at radius 3 is 2.15 bits per heavy atom. The molecule has 7 heteroatoms. The second-order valence-corrected chi connectivity index (χ2v) is 12.2. The van der Waals surface area contributed by atoms with Gasteiger partial charge in [0.15, 0.2) is 23.0 Å². The Labute approximate surface area is 249 Å². The van der Waals surface area contributed by atoms with Crippen molar-refractivity contribution >= 4 is 11.8 Å². The molecule has 218 valence electrons. The third kappa shape index (κ3) is 7.30. The molecule has 0 radical (unpaired) electrons. The van der Waals surface area contributed by atoms with Crippen LogP contribution in [0.25, 0.3) is 0 Å². The first kappa shape index (κ1) is 30.6. The molecule has 0 saturated carbocycles. The Kier molecular flexibility index (Phi) is 10.5. The highest BCUT2D eigenvalue weighted by molar-refractivity contribution is 8.00. The first-order valence-electron chi connectivity index (χ1n) is 14.2. The molecule has 0 amide bonds. The summed E-state index contributed by atoms with van der Waals surface area (Å²) in [4.78, 5) is 3.60. The average molecular weight is 575 g/mol. The molecule has 0 fully saturated rings. The maximum Gasteiger partial charge on any atom is 0.161 e. The maximum absolute atomic E-state index is 10.7. The number of benzene rings is 3. The van der Waals surface area contributed by atoms with E-state index in [1.54, 1.807) is 40.2 Å². The number of hydrogen-bond donors (Lipinski definition) is 0. The summed E-state index contributed by atoms with van der Waals surface area (Å²) < 4.78 is 21.4. The minimum atomic E-state index is -0.756. The summed E-state index contributed by atoms with van der Waals surface area (Å²) in [6.07, 6.45) is 3.86. The number of nitrogens with zero attached hydrogens (tertiary/aromatic N) is 2. The second kappa shape index (κ2) is 14.0. The summed E-state index contributed by atoms with van der Waals surface area (Å²) in [7, 11) is 6.64. The van der Waals surface area contributed by atoms with Crippen LogP contribution < -0.4 is 18.9 Å². The number of ether oxygens (including phenoxy) is 4. The molecule has 0 saturated heterocycles. The minimum absolute atomic E-state index is 0.349. The summed E-state index contributed by atoms with van der Waals surface area (Å²) in [6, 6.07) is 21.3. The van der Waals surface area contributed by atoms with Crippen molar-refractivity contribution in [1.82, 2.24) is 4.90 Å². The van der Waals surface area contributed by atoms with E-state index >= 15 is 0 Å². The monoisotopic (exact) mass is 574 g/mol. The van der Waals surface area contributed by atoms with E-state index in [0.29, 0.717) is 17.4 Å². The highest BCUT2D eigenvalue weighted by Crippen LogP contribution is 2.48. The van der Waals surface area contributed by atoms with Crippen LogP contribution in [-0.2, 0) is 17.7 Å². The SMILES string of the molecule is COc1ccc(C(C#N)(CC(C)CCCN2CCc3cc(OC)c(OC)cc3C2)Sc2ccc(C)cc2)cc1OC. The number of fused-ring (bicyclic) bond motifs is 1. The van der Waals surface area contributed by atoms with Crippen molar-refractivity contribution in [2.75, 3.05) is 41.5 Å². The topological polar surface area (TPSA) is 64.0 Å². The molecule has 0 spiro atoms. The quantitative estimate of drug-likeness (QED) is 0.197. The van der Waals surface area contributed by atoms with Gasteiger partial charge in [0.2, 0.25) is 0 Å². The van der Waals surface area contributed by atoms with Crippen LogP contribution in [0.5, 0.6) is 23.0 Å². The first-order chi connectivity index (χ1) is 19.8. The van der Waals surface area contributed by atoms with Crippen LogP contribution in [0, 0.1) is 24.2 Å². The van der Waals surface area contributed by atoms with Crippen molar-refractivity contribution in [1.29, 1.82) is 5.26 Å². The van der Waals surface area contributed by atoms with Crippen LogP contribution in [-0.4, -0.2) is 46.4 Å². The lowest BCUT2D eigenvalue weighted by Gasteiger charge is -2.32. The summed E-state index contributed by atoms with van der Waals surface area (Å²) in [5.41, 5.74) is 4.80. The Hall–Kier alpha value is -3.34. The number of aryl methyl sites for hydroxylation is 1. The standard InChI is InChI=1S/C34H42N2O4S/c1-24-9-12-29(13-10-24)41-34(23-35,28-11-14-30(37-3)33(20-28)40-6)21-25(2)8-7-16-36-17-15-26-18-31(38-4)32(39-5)19-27(26)22-36/h9-14,18-20,25H,7-8,15-17,21-22H2,1-6H3. The van der Waals surface area contributed by atoms with Crippen molar-refractivity contribution in [3.63, 3.8) is 0 Å². The van der Waals surface area contributed by atoms with E-state index in [4.69, 9.17) is 18.9 Å². The molecule has 3 aromatic carbocycles. The molecule has 41 heavy (non-hydrogen) atoms. The van der Waals surface area contributed by atoms with Gasteiger partial charge in [-0.2, -0.15) is 5.26 Å². The molecule has 1 aliphatic rings. The van der Waals surface area contributed by atoms with E-state index < -0.39 is 4.75 Å². The lowest BCUT2D eigenvalue weighted by atomic mass is 9.87. The summed E-state index contributed by atoms with van der Waals surface area (Å²) in [5.74, 6) is 3.24. The highest BCUT2D eigenvalue weighted by atomic mass is 32.2. The zero-order valence-corrected chi connectivity index (χ0v) is 26.0. The second-order valence-electron chi connectivity index (χ2n) is 10.9. The largest absolute Gasteiger partial charge is 0.493 e. The van der Waals surface area contributed by atoms with E-state index in [-0.39, 0.29) is 0 Å². The van der Waals surface area contributed by atoms with Crippen LogP contribution in [0.15, 0.2) is 59.5 Å². The fourth-order valence-electron chi connectivity index (χ4n) is 5.63. The van der Waals surface area contributed by atoms with Gasteiger partial charge in [0, 0.05) is 18.0 Å². The van der Waals surface area contributed by atoms with Gasteiger partial charge in [0.25, 0.3) is 0 Å². The maximum atomic E-state index is 10.7. The van der Waals surface area contributed by atoms with Gasteiger partial charge in [-0.3, -0.25) is 4.90 Å². The number of methoxy groups -OCH3 is 4. The van der Waals surface area contributed by atoms with Gasteiger partial charge in [-0.25, -0.2) is 0 Å². The Morgan fingerprint density at radius 1 is 0.878 bits per heavy atom. The van der Waals surface area contributed by atoms with Crippen LogP contribution in [0.3, 0.4) is 0 Å². The van der Waals surface area contributed by atoms with Gasteiger partial charge in [-0.15, -0.1) is 0 Å². The van der Waals surface area contributed by atoms with Crippen molar-refractivity contribution in [3.05, 3.63) is 76.9 Å². The molecule has 0 bridgehead atoms. The van der Waals surface area contributed by atoms with Crippen molar-refractivity contribution in [3.8, 4) is 29.1 Å². The number of rotatable bonds is 13. The zero-order valence-electron chi connectivity index (χ0n) is 25.2. The van der Waals surface area contributed by atoms with Gasteiger partial charge in [-0.1, -0.05) is 42.4 Å². The Bertz CT molecular complexity index is 1350. The van der Waals surface area contributed by atoms with Gasteiger partial charge in [0.05, 0.1) is 34.5 Å². The van der Waals surface area contributed by atoms with Crippen molar-refractivity contribution in [2.45, 2.75) is 55.7 Å². The smallest absolute Gasteiger partial charge is 0.161 e. The molecular formula is C34H42N2O4S. The lowest BCUT2D eigenvalue weighted by molar-refractivity contribution is 0.240. The molecule has 1 aliphatic heterocycles. The third-order valence-corrected chi connectivity index (χ3v) is 9.30. The van der Waals surface area contributed by atoms with Crippen LogP contribution >= 0.6 is 11.8 Å². The zero-order chi connectivity index (χ0) is 29.4. The molecule has 0 N–H and O–H groups in total. The molecular weight excluding hydrogens is 532 g/mol. The molecule has 2 atom stereocenters. The predicted octanol–water partition coefficient (Wildman–Crippen LogP) is 7.41. The minimum Gasteiger partial charge on any atom is -0.493 e.